The smallest absolute Gasteiger partial charge is 0.293 e. The van der Waals surface area contributed by atoms with Gasteiger partial charge in [-0.1, -0.05) is 47.1 Å². The average molecular weight is 460 g/mol. The summed E-state index contributed by atoms with van der Waals surface area (Å²) in [4.78, 5) is 27.2. The Morgan fingerprint density at radius 3 is 2.63 bits per heavy atom. The first kappa shape index (κ1) is 20.8. The average Bonchev–Trinajstić information content (AvgIpc) is 3.25. The molecule has 4 rings (SSSR count). The van der Waals surface area contributed by atoms with Crippen molar-refractivity contribution in [1.29, 1.82) is 0 Å². The Kier molecular flexibility index (Phi) is 6.04. The molecule has 1 aliphatic heterocycles. The molecule has 1 aliphatic rings. The van der Waals surface area contributed by atoms with E-state index in [2.05, 4.69) is 0 Å². The van der Waals surface area contributed by atoms with Gasteiger partial charge in [-0.2, -0.15) is 0 Å². The van der Waals surface area contributed by atoms with E-state index in [4.69, 9.17) is 16.0 Å². The van der Waals surface area contributed by atoms with Gasteiger partial charge in [0.05, 0.1) is 11.4 Å². The van der Waals surface area contributed by atoms with Gasteiger partial charge in [-0.05, 0) is 55.1 Å². The van der Waals surface area contributed by atoms with Crippen LogP contribution < -0.4 is 0 Å². The molecule has 3 aromatic rings. The van der Waals surface area contributed by atoms with Crippen LogP contribution in [0, 0.1) is 12.7 Å². The highest BCUT2D eigenvalue weighted by molar-refractivity contribution is 8.18. The Labute approximate surface area is 186 Å². The first-order valence-corrected chi connectivity index (χ1v) is 10.9. The lowest BCUT2D eigenvalue weighted by atomic mass is 10.2. The van der Waals surface area contributed by atoms with Gasteiger partial charge in [0.1, 0.15) is 11.6 Å². The highest BCUT2D eigenvalue weighted by Gasteiger charge is 2.36. The van der Waals surface area contributed by atoms with Crippen molar-refractivity contribution in [1.82, 2.24) is 4.90 Å². The maximum Gasteiger partial charge on any atom is 0.293 e. The van der Waals surface area contributed by atoms with Crippen LogP contribution in [-0.4, -0.2) is 16.0 Å². The molecule has 0 unspecified atom stereocenters. The predicted octanol–water partition coefficient (Wildman–Crippen LogP) is 6.77. The summed E-state index contributed by atoms with van der Waals surface area (Å²) < 4.78 is 19.8. The summed E-state index contributed by atoms with van der Waals surface area (Å²) in [6, 6.07) is 15.8. The molecule has 30 heavy (non-hydrogen) atoms. The highest BCUT2D eigenvalue weighted by Crippen LogP contribution is 2.36. The molecule has 2 amide bonds. The zero-order valence-corrected chi connectivity index (χ0v) is 18.1. The number of hydrogen-bond acceptors (Lipinski definition) is 5. The van der Waals surface area contributed by atoms with E-state index in [1.807, 2.05) is 31.2 Å². The Balaban J connectivity index is 1.49. The topological polar surface area (TPSA) is 50.5 Å². The number of carbonyl (C=O) groups is 2. The maximum atomic E-state index is 14.0. The van der Waals surface area contributed by atoms with Gasteiger partial charge in [-0.25, -0.2) is 4.39 Å². The standard InChI is InChI=1S/C22H15ClFNO3S2/c1-13-5-8-15(9-6-13)29-20-10-7-14(28-20)11-19-21(26)25(22(27)30-19)12-16-17(23)3-2-4-18(16)24/h2-11H,12H2,1H3. The van der Waals surface area contributed by atoms with Gasteiger partial charge in [-0.15, -0.1) is 0 Å². The van der Waals surface area contributed by atoms with Crippen molar-refractivity contribution >= 4 is 52.3 Å². The van der Waals surface area contributed by atoms with E-state index in [1.165, 1.54) is 41.6 Å². The van der Waals surface area contributed by atoms with Crippen LogP contribution in [0.5, 0.6) is 0 Å². The van der Waals surface area contributed by atoms with Gasteiger partial charge in [0.15, 0.2) is 5.09 Å². The van der Waals surface area contributed by atoms with Crippen LogP contribution in [0.25, 0.3) is 6.08 Å². The number of furan rings is 1. The number of aryl methyl sites for hydroxylation is 1. The highest BCUT2D eigenvalue weighted by atomic mass is 35.5. The van der Waals surface area contributed by atoms with E-state index >= 15 is 0 Å². The van der Waals surface area contributed by atoms with Gasteiger partial charge in [0.2, 0.25) is 0 Å². The fourth-order valence-corrected chi connectivity index (χ4v) is 4.62. The fourth-order valence-electron chi connectivity index (χ4n) is 2.80. The van der Waals surface area contributed by atoms with Crippen molar-refractivity contribution < 1.29 is 18.4 Å². The second-order valence-corrected chi connectivity index (χ2v) is 9.02. The Morgan fingerprint density at radius 2 is 1.90 bits per heavy atom. The lowest BCUT2D eigenvalue weighted by Gasteiger charge is -2.14. The minimum Gasteiger partial charge on any atom is -0.450 e. The van der Waals surface area contributed by atoms with E-state index in [9.17, 15) is 14.0 Å². The fraction of sp³-hybridized carbons (Fsp3) is 0.0909. The number of benzene rings is 2. The van der Waals surface area contributed by atoms with E-state index in [-0.39, 0.29) is 22.0 Å². The molecule has 0 N–H and O–H groups in total. The minimum atomic E-state index is -0.561. The van der Waals surface area contributed by atoms with Crippen molar-refractivity contribution in [3.05, 3.63) is 87.2 Å². The summed E-state index contributed by atoms with van der Waals surface area (Å²) in [6.07, 6.45) is 1.52. The Hall–Kier alpha value is -2.48. The van der Waals surface area contributed by atoms with Crippen LogP contribution in [0.3, 0.4) is 0 Å². The van der Waals surface area contributed by atoms with E-state index in [0.29, 0.717) is 10.9 Å². The SMILES string of the molecule is Cc1ccc(Sc2ccc(C=C3SC(=O)N(Cc4c(F)cccc4Cl)C3=O)o2)cc1. The molecule has 152 valence electrons. The molecular weight excluding hydrogens is 445 g/mol. The largest absolute Gasteiger partial charge is 0.450 e. The van der Waals surface area contributed by atoms with Gasteiger partial charge < -0.3 is 4.42 Å². The summed E-state index contributed by atoms with van der Waals surface area (Å²) in [5.74, 6) is -0.609. The summed E-state index contributed by atoms with van der Waals surface area (Å²) in [6.45, 7) is 1.80. The van der Waals surface area contributed by atoms with E-state index in [0.717, 1.165) is 21.6 Å². The minimum absolute atomic E-state index is 0.109. The summed E-state index contributed by atoms with van der Waals surface area (Å²) in [5.41, 5.74) is 1.28. The van der Waals surface area contributed by atoms with Gasteiger partial charge in [0.25, 0.3) is 11.1 Å². The number of rotatable bonds is 5. The molecule has 0 spiro atoms. The summed E-state index contributed by atoms with van der Waals surface area (Å²) >= 11 is 8.27. The molecule has 4 nitrogen and oxygen atoms in total. The van der Waals surface area contributed by atoms with Crippen molar-refractivity contribution in [3.8, 4) is 0 Å². The zero-order chi connectivity index (χ0) is 21.3. The van der Waals surface area contributed by atoms with Crippen LogP contribution in [-0.2, 0) is 11.3 Å². The second kappa shape index (κ2) is 8.71. The summed E-state index contributed by atoms with van der Waals surface area (Å²) in [7, 11) is 0. The van der Waals surface area contributed by atoms with Crippen LogP contribution in [0.2, 0.25) is 5.02 Å². The van der Waals surface area contributed by atoms with Crippen LogP contribution in [0.4, 0.5) is 9.18 Å². The van der Waals surface area contributed by atoms with Crippen molar-refractivity contribution in [2.24, 2.45) is 0 Å². The zero-order valence-electron chi connectivity index (χ0n) is 15.7. The number of imide groups is 1. The first-order chi connectivity index (χ1) is 14.4. The molecular formula is C22H15ClFNO3S2. The second-order valence-electron chi connectivity index (χ2n) is 6.54. The number of thioether (sulfide) groups is 1. The number of halogens is 2. The molecule has 2 heterocycles. The number of hydrogen-bond donors (Lipinski definition) is 0. The Bertz CT molecular complexity index is 1140. The third kappa shape index (κ3) is 4.48. The van der Waals surface area contributed by atoms with Crippen molar-refractivity contribution in [3.63, 3.8) is 0 Å². The molecule has 0 saturated carbocycles. The third-order valence-electron chi connectivity index (χ3n) is 4.37. The lowest BCUT2D eigenvalue weighted by Crippen LogP contribution is -2.28. The number of amides is 2. The van der Waals surface area contributed by atoms with Gasteiger partial charge >= 0.3 is 0 Å². The van der Waals surface area contributed by atoms with Gasteiger partial charge in [0, 0.05) is 21.6 Å². The predicted molar refractivity (Wildman–Crippen MR) is 117 cm³/mol. The van der Waals surface area contributed by atoms with Crippen molar-refractivity contribution in [2.75, 3.05) is 0 Å². The molecule has 1 aromatic heterocycles. The monoisotopic (exact) mass is 459 g/mol. The quantitative estimate of drug-likeness (QED) is 0.394. The molecule has 8 heteroatoms. The van der Waals surface area contributed by atoms with Crippen LogP contribution in [0.1, 0.15) is 16.9 Å². The Morgan fingerprint density at radius 1 is 1.13 bits per heavy atom. The lowest BCUT2D eigenvalue weighted by molar-refractivity contribution is -0.123. The van der Waals surface area contributed by atoms with E-state index in [1.54, 1.807) is 12.1 Å². The van der Waals surface area contributed by atoms with Crippen LogP contribution in [0.15, 0.2) is 73.9 Å². The maximum absolute atomic E-state index is 14.0. The molecule has 1 saturated heterocycles. The molecule has 1 fully saturated rings. The van der Waals surface area contributed by atoms with E-state index < -0.39 is 17.0 Å². The van der Waals surface area contributed by atoms with Gasteiger partial charge in [-0.3, -0.25) is 14.5 Å². The molecule has 0 aliphatic carbocycles. The third-order valence-corrected chi connectivity index (χ3v) is 6.56. The number of carbonyl (C=O) groups excluding carboxylic acids is 2. The normalized spacial score (nSPS) is 15.4. The summed E-state index contributed by atoms with van der Waals surface area (Å²) in [5, 5.41) is 0.357. The number of nitrogens with zero attached hydrogens (tertiary/aromatic N) is 1. The molecule has 0 atom stereocenters. The van der Waals surface area contributed by atoms with Crippen molar-refractivity contribution in [2.45, 2.75) is 23.5 Å². The molecule has 0 bridgehead atoms. The first-order valence-electron chi connectivity index (χ1n) is 8.93. The molecule has 0 radical (unpaired) electrons. The molecule has 2 aromatic carbocycles. The van der Waals surface area contributed by atoms with Crippen LogP contribution >= 0.6 is 35.1 Å².